The Bertz CT molecular complexity index is 1370. The molecule has 1 N–H and O–H groups in total. The summed E-state index contributed by atoms with van der Waals surface area (Å²) in [7, 11) is 1.88. The van der Waals surface area contributed by atoms with E-state index in [1.165, 1.54) is 11.8 Å². The minimum Gasteiger partial charge on any atom is -0.485 e. The number of hydrogen-bond acceptors (Lipinski definition) is 7. The fraction of sp³-hybridized carbons (Fsp3) is 0.250. The van der Waals surface area contributed by atoms with E-state index in [2.05, 4.69) is 51.7 Å². The molecule has 0 unspecified atom stereocenters. The maximum Gasteiger partial charge on any atom is 0.234 e. The maximum absolute atomic E-state index is 12.5. The van der Waals surface area contributed by atoms with Crippen molar-refractivity contribution in [3.63, 3.8) is 0 Å². The van der Waals surface area contributed by atoms with Crippen molar-refractivity contribution in [2.45, 2.75) is 38.5 Å². The largest absolute Gasteiger partial charge is 0.485 e. The van der Waals surface area contributed by atoms with E-state index in [1.54, 1.807) is 12.1 Å². The minimum absolute atomic E-state index is 0.134. The van der Waals surface area contributed by atoms with Crippen LogP contribution in [0.15, 0.2) is 88.2 Å². The Hall–Kier alpha value is -3.98. The van der Waals surface area contributed by atoms with E-state index in [0.29, 0.717) is 34.9 Å². The monoisotopic (exact) mass is 514 g/mol. The molecule has 0 radical (unpaired) electrons. The molecule has 0 spiro atoms. The molecule has 0 atom stereocenters. The van der Waals surface area contributed by atoms with Gasteiger partial charge in [-0.2, -0.15) is 10.2 Å². The average Bonchev–Trinajstić information content (AvgIpc) is 3.25. The first-order valence-electron chi connectivity index (χ1n) is 12.0. The number of azo groups is 1. The lowest BCUT2D eigenvalue weighted by atomic mass is 10.0. The molecule has 0 saturated carbocycles. The molecule has 0 aliphatic heterocycles. The number of nitrogens with one attached hydrogen (secondary N) is 1. The van der Waals surface area contributed by atoms with Crippen LogP contribution in [0.3, 0.4) is 0 Å². The Labute approximate surface area is 221 Å². The first kappa shape index (κ1) is 26.1. The molecule has 4 rings (SSSR count). The molecule has 9 heteroatoms. The number of anilines is 1. The first-order valence-corrected chi connectivity index (χ1v) is 13.0. The van der Waals surface area contributed by atoms with E-state index >= 15 is 0 Å². The third kappa shape index (κ3) is 7.27. The van der Waals surface area contributed by atoms with Gasteiger partial charge in [0.05, 0.1) is 17.1 Å². The number of ether oxygens (including phenoxy) is 1. The van der Waals surface area contributed by atoms with Gasteiger partial charge in [0.25, 0.3) is 0 Å². The molecule has 0 fully saturated rings. The number of carbonyl (C=O) groups is 1. The summed E-state index contributed by atoms with van der Waals surface area (Å²) in [6, 6.07) is 23.0. The van der Waals surface area contributed by atoms with Crippen LogP contribution in [0.4, 0.5) is 17.1 Å². The van der Waals surface area contributed by atoms with Gasteiger partial charge in [-0.1, -0.05) is 55.9 Å². The predicted octanol–water partition coefficient (Wildman–Crippen LogP) is 6.97. The summed E-state index contributed by atoms with van der Waals surface area (Å²) >= 11 is 1.32. The summed E-state index contributed by atoms with van der Waals surface area (Å²) < 4.78 is 7.95. The van der Waals surface area contributed by atoms with Crippen molar-refractivity contribution < 1.29 is 9.53 Å². The molecular formula is C28H30N6O2S. The van der Waals surface area contributed by atoms with Crippen LogP contribution in [0.25, 0.3) is 0 Å². The van der Waals surface area contributed by atoms with Crippen LogP contribution < -0.4 is 10.1 Å². The van der Waals surface area contributed by atoms with Crippen molar-refractivity contribution in [3.05, 3.63) is 89.7 Å². The van der Waals surface area contributed by atoms with Gasteiger partial charge in [-0.25, -0.2) is 0 Å². The molecule has 0 saturated heterocycles. The lowest BCUT2D eigenvalue weighted by Crippen LogP contribution is -2.14. The second kappa shape index (κ2) is 12.3. The molecule has 0 aliphatic rings. The number of thioether (sulfide) groups is 1. The maximum atomic E-state index is 12.5. The van der Waals surface area contributed by atoms with Crippen molar-refractivity contribution >= 4 is 34.7 Å². The molecule has 1 amide bonds. The number of nitrogens with zero attached hydrogens (tertiary/aromatic N) is 5. The van der Waals surface area contributed by atoms with Crippen molar-refractivity contribution in [1.82, 2.24) is 14.8 Å². The van der Waals surface area contributed by atoms with Crippen LogP contribution in [0.1, 0.15) is 36.7 Å². The molecule has 1 heterocycles. The van der Waals surface area contributed by atoms with Crippen LogP contribution in [0.5, 0.6) is 5.75 Å². The number of benzene rings is 3. The molecule has 190 valence electrons. The van der Waals surface area contributed by atoms with E-state index in [1.807, 2.05) is 67.1 Å². The van der Waals surface area contributed by atoms with Crippen LogP contribution in [0.2, 0.25) is 0 Å². The third-order valence-corrected chi connectivity index (χ3v) is 6.61. The fourth-order valence-corrected chi connectivity index (χ4v) is 4.26. The first-order chi connectivity index (χ1) is 17.9. The zero-order valence-corrected chi connectivity index (χ0v) is 22.2. The highest BCUT2D eigenvalue weighted by Gasteiger charge is 2.14. The van der Waals surface area contributed by atoms with E-state index in [-0.39, 0.29) is 11.7 Å². The second-order valence-corrected chi connectivity index (χ2v) is 9.80. The zero-order chi connectivity index (χ0) is 26.2. The third-order valence-electron chi connectivity index (χ3n) is 5.59. The van der Waals surface area contributed by atoms with Gasteiger partial charge in [0.2, 0.25) is 5.91 Å². The molecule has 1 aromatic heterocycles. The average molecular weight is 515 g/mol. The lowest BCUT2D eigenvalue weighted by molar-refractivity contribution is -0.113. The Morgan fingerprint density at radius 1 is 1.00 bits per heavy atom. The van der Waals surface area contributed by atoms with Crippen molar-refractivity contribution in [2.75, 3.05) is 11.1 Å². The Balaban J connectivity index is 1.28. The summed E-state index contributed by atoms with van der Waals surface area (Å²) in [6.45, 7) is 6.63. The van der Waals surface area contributed by atoms with Gasteiger partial charge in [0, 0.05) is 12.7 Å². The Kier molecular flexibility index (Phi) is 8.68. The molecule has 3 aromatic carbocycles. The smallest absolute Gasteiger partial charge is 0.234 e. The summed E-state index contributed by atoms with van der Waals surface area (Å²) in [6.07, 6.45) is 0. The topological polar surface area (TPSA) is 93.8 Å². The molecule has 4 aromatic rings. The second-order valence-electron chi connectivity index (χ2n) is 8.86. The van der Waals surface area contributed by atoms with Crippen LogP contribution in [-0.4, -0.2) is 26.4 Å². The number of hydrogen-bond donors (Lipinski definition) is 1. The number of rotatable bonds is 10. The normalized spacial score (nSPS) is 11.3. The number of aryl methyl sites for hydroxylation is 1. The summed E-state index contributed by atoms with van der Waals surface area (Å²) in [4.78, 5) is 12.5. The zero-order valence-electron chi connectivity index (χ0n) is 21.4. The standard InChI is InChI=1S/C28H30N6O2S/c1-19(2)24-15-10-20(3)16-25(24)36-17-26-32-33-28(34(26)4)37-18-27(35)29-21-11-13-23(14-12-21)31-30-22-8-6-5-7-9-22/h5-16,19H,17-18H2,1-4H3,(H,29,35). The van der Waals surface area contributed by atoms with Crippen molar-refractivity contribution in [2.24, 2.45) is 17.3 Å². The van der Waals surface area contributed by atoms with Crippen molar-refractivity contribution in [3.8, 4) is 5.75 Å². The lowest BCUT2D eigenvalue weighted by Gasteiger charge is -2.14. The van der Waals surface area contributed by atoms with Gasteiger partial charge in [-0.05, 0) is 66.4 Å². The van der Waals surface area contributed by atoms with E-state index < -0.39 is 0 Å². The molecular weight excluding hydrogens is 484 g/mol. The Morgan fingerprint density at radius 2 is 1.70 bits per heavy atom. The van der Waals surface area contributed by atoms with Gasteiger partial charge < -0.3 is 14.6 Å². The summed E-state index contributed by atoms with van der Waals surface area (Å²) in [5.74, 6) is 1.98. The van der Waals surface area contributed by atoms with Gasteiger partial charge in [-0.15, -0.1) is 10.2 Å². The Morgan fingerprint density at radius 3 is 2.41 bits per heavy atom. The highest BCUT2D eigenvalue weighted by molar-refractivity contribution is 7.99. The highest BCUT2D eigenvalue weighted by Crippen LogP contribution is 2.28. The van der Waals surface area contributed by atoms with E-state index in [4.69, 9.17) is 4.74 Å². The van der Waals surface area contributed by atoms with Gasteiger partial charge in [0.15, 0.2) is 11.0 Å². The van der Waals surface area contributed by atoms with Gasteiger partial charge in [-0.3, -0.25) is 4.79 Å². The fourth-order valence-electron chi connectivity index (χ4n) is 3.53. The van der Waals surface area contributed by atoms with Crippen LogP contribution in [0, 0.1) is 6.92 Å². The molecule has 37 heavy (non-hydrogen) atoms. The predicted molar refractivity (Wildman–Crippen MR) is 147 cm³/mol. The number of amides is 1. The van der Waals surface area contributed by atoms with E-state index in [9.17, 15) is 4.79 Å². The van der Waals surface area contributed by atoms with Gasteiger partial charge >= 0.3 is 0 Å². The molecule has 0 bridgehead atoms. The SMILES string of the molecule is Cc1ccc(C(C)C)c(OCc2nnc(SCC(=O)Nc3ccc(N=Nc4ccccc4)cc3)n2C)c1. The summed E-state index contributed by atoms with van der Waals surface area (Å²) in [5.41, 5.74) is 4.48. The van der Waals surface area contributed by atoms with Crippen LogP contribution in [-0.2, 0) is 18.4 Å². The molecule has 8 nitrogen and oxygen atoms in total. The number of aromatic nitrogens is 3. The quantitative estimate of drug-likeness (QED) is 0.182. The van der Waals surface area contributed by atoms with Crippen molar-refractivity contribution in [1.29, 1.82) is 0 Å². The summed E-state index contributed by atoms with van der Waals surface area (Å²) in [5, 5.41) is 20.4. The minimum atomic E-state index is -0.134. The molecule has 0 aliphatic carbocycles. The number of carbonyl (C=O) groups excluding carboxylic acids is 1. The highest BCUT2D eigenvalue weighted by atomic mass is 32.2. The van der Waals surface area contributed by atoms with Crippen LogP contribution >= 0.6 is 11.8 Å². The van der Waals surface area contributed by atoms with Gasteiger partial charge in [0.1, 0.15) is 12.4 Å². The van der Waals surface area contributed by atoms with E-state index in [0.717, 1.165) is 22.6 Å².